The molecule has 0 saturated carbocycles. The molecule has 1 aromatic heterocycles. The van der Waals surface area contributed by atoms with Crippen molar-refractivity contribution in [3.05, 3.63) is 64.0 Å². The van der Waals surface area contributed by atoms with E-state index in [0.29, 0.717) is 12.1 Å². The second-order valence-corrected chi connectivity index (χ2v) is 4.65. The minimum atomic E-state index is -0.416. The van der Waals surface area contributed by atoms with Gasteiger partial charge in [0.25, 0.3) is 5.69 Å². The lowest BCUT2D eigenvalue weighted by Crippen LogP contribution is -2.17. The number of pyridine rings is 1. The average molecular weight is 292 g/mol. The number of anilines is 1. The van der Waals surface area contributed by atoms with E-state index in [0.717, 1.165) is 11.4 Å². The molecule has 2 rings (SSSR count). The number of nitro groups is 1. The third kappa shape index (κ3) is 3.24. The molecule has 20 heavy (non-hydrogen) atoms. The fourth-order valence-corrected chi connectivity index (χ4v) is 2.13. The first kappa shape index (κ1) is 14.3. The van der Waals surface area contributed by atoms with Crippen LogP contribution in [0.4, 0.5) is 11.4 Å². The normalized spacial score (nSPS) is 10.3. The summed E-state index contributed by atoms with van der Waals surface area (Å²) in [5.74, 6) is 0.113. The van der Waals surface area contributed by atoms with Gasteiger partial charge in [-0.1, -0.05) is 6.07 Å². The Hall–Kier alpha value is -2.14. The van der Waals surface area contributed by atoms with Gasteiger partial charge in [0.1, 0.15) is 0 Å². The smallest absolute Gasteiger partial charge is 0.273 e. The molecule has 0 aliphatic carbocycles. The minimum absolute atomic E-state index is 0.0509. The second kappa shape index (κ2) is 6.34. The zero-order valence-electron chi connectivity index (χ0n) is 11.0. The maximum absolute atomic E-state index is 10.9. The molecule has 0 aliphatic rings. The number of hydrogen-bond acceptors (Lipinski definition) is 4. The van der Waals surface area contributed by atoms with Crippen LogP contribution in [-0.4, -0.2) is 17.0 Å². The first-order valence-corrected chi connectivity index (χ1v) is 6.59. The summed E-state index contributed by atoms with van der Waals surface area (Å²) in [6.07, 6.45) is 1.74. The van der Waals surface area contributed by atoms with E-state index in [9.17, 15) is 10.1 Å². The van der Waals surface area contributed by atoms with Crippen LogP contribution in [0.2, 0.25) is 0 Å². The van der Waals surface area contributed by atoms with E-state index in [1.54, 1.807) is 18.3 Å². The van der Waals surface area contributed by atoms with Crippen molar-refractivity contribution in [1.82, 2.24) is 4.98 Å². The van der Waals surface area contributed by atoms with Gasteiger partial charge in [0, 0.05) is 30.6 Å². The highest BCUT2D eigenvalue weighted by Gasteiger charge is 2.14. The molecule has 1 heterocycles. The molecule has 104 valence electrons. The molecule has 0 atom stereocenters. The molecule has 0 spiro atoms. The number of halogens is 1. The van der Waals surface area contributed by atoms with Crippen LogP contribution < -0.4 is 4.90 Å². The van der Waals surface area contributed by atoms with Gasteiger partial charge in [-0.3, -0.25) is 15.1 Å². The molecule has 2 aromatic rings. The zero-order chi connectivity index (χ0) is 14.5. The number of benzene rings is 1. The molecule has 0 N–H and O–H groups in total. The number of alkyl halides is 1. The topological polar surface area (TPSA) is 59.3 Å². The second-order valence-electron chi connectivity index (χ2n) is 4.38. The molecule has 0 saturated heterocycles. The van der Waals surface area contributed by atoms with Crippen molar-refractivity contribution in [2.75, 3.05) is 11.9 Å². The standard InChI is InChI=1S/C14H14ClN3O2/c1-17(10-12-4-2-3-7-16-12)13-5-6-14(18(19)20)11(8-13)9-15/h2-8H,9-10H2,1H3. The Balaban J connectivity index is 2.22. The predicted molar refractivity (Wildman–Crippen MR) is 79.0 cm³/mol. The lowest BCUT2D eigenvalue weighted by Gasteiger charge is -2.19. The Morgan fingerprint density at radius 1 is 1.35 bits per heavy atom. The van der Waals surface area contributed by atoms with Crippen molar-refractivity contribution < 1.29 is 4.92 Å². The van der Waals surface area contributed by atoms with Gasteiger partial charge in [0.15, 0.2) is 0 Å². The Kier molecular flexibility index (Phi) is 4.53. The van der Waals surface area contributed by atoms with Crippen LogP contribution in [0.5, 0.6) is 0 Å². The van der Waals surface area contributed by atoms with Crippen molar-refractivity contribution in [2.24, 2.45) is 0 Å². The van der Waals surface area contributed by atoms with E-state index in [1.807, 2.05) is 30.1 Å². The maximum atomic E-state index is 10.9. The SMILES string of the molecule is CN(Cc1ccccn1)c1ccc([N+](=O)[O-])c(CCl)c1. The van der Waals surface area contributed by atoms with E-state index in [2.05, 4.69) is 4.98 Å². The minimum Gasteiger partial charge on any atom is -0.369 e. The molecule has 0 bridgehead atoms. The van der Waals surface area contributed by atoms with Gasteiger partial charge < -0.3 is 4.90 Å². The highest BCUT2D eigenvalue weighted by molar-refractivity contribution is 6.17. The van der Waals surface area contributed by atoms with Gasteiger partial charge in [-0.05, 0) is 24.3 Å². The van der Waals surface area contributed by atoms with Crippen molar-refractivity contribution in [1.29, 1.82) is 0 Å². The number of aromatic nitrogens is 1. The lowest BCUT2D eigenvalue weighted by molar-refractivity contribution is -0.385. The van der Waals surface area contributed by atoms with Crippen molar-refractivity contribution in [2.45, 2.75) is 12.4 Å². The van der Waals surface area contributed by atoms with E-state index in [-0.39, 0.29) is 11.6 Å². The number of nitrogens with zero attached hydrogens (tertiary/aromatic N) is 3. The summed E-state index contributed by atoms with van der Waals surface area (Å²) in [6, 6.07) is 10.7. The van der Waals surface area contributed by atoms with Crippen molar-refractivity contribution >= 4 is 23.0 Å². The quantitative estimate of drug-likeness (QED) is 0.481. The van der Waals surface area contributed by atoms with Crippen LogP contribution in [0, 0.1) is 10.1 Å². The molecular formula is C14H14ClN3O2. The van der Waals surface area contributed by atoms with E-state index in [1.165, 1.54) is 6.07 Å². The maximum Gasteiger partial charge on any atom is 0.273 e. The largest absolute Gasteiger partial charge is 0.369 e. The molecule has 0 amide bonds. The highest BCUT2D eigenvalue weighted by atomic mass is 35.5. The number of hydrogen-bond donors (Lipinski definition) is 0. The third-order valence-electron chi connectivity index (χ3n) is 2.97. The fourth-order valence-electron chi connectivity index (χ4n) is 1.92. The Morgan fingerprint density at radius 3 is 2.75 bits per heavy atom. The number of rotatable bonds is 5. The summed E-state index contributed by atoms with van der Waals surface area (Å²) < 4.78 is 0. The lowest BCUT2D eigenvalue weighted by atomic mass is 10.1. The summed E-state index contributed by atoms with van der Waals surface area (Å²) >= 11 is 5.78. The van der Waals surface area contributed by atoms with Gasteiger partial charge in [-0.2, -0.15) is 0 Å². The Labute approximate surface area is 122 Å². The molecule has 1 aromatic carbocycles. The van der Waals surface area contributed by atoms with Crippen molar-refractivity contribution in [3.8, 4) is 0 Å². The monoisotopic (exact) mass is 291 g/mol. The van der Waals surface area contributed by atoms with Crippen LogP contribution >= 0.6 is 11.6 Å². The summed E-state index contributed by atoms with van der Waals surface area (Å²) in [6.45, 7) is 0.625. The number of nitro benzene ring substituents is 1. The predicted octanol–water partition coefficient (Wildman–Crippen LogP) is 3.37. The van der Waals surface area contributed by atoms with Crippen LogP contribution in [0.1, 0.15) is 11.3 Å². The van der Waals surface area contributed by atoms with Crippen LogP contribution in [0.3, 0.4) is 0 Å². The van der Waals surface area contributed by atoms with Gasteiger partial charge >= 0.3 is 0 Å². The molecule has 5 nitrogen and oxygen atoms in total. The Morgan fingerprint density at radius 2 is 2.15 bits per heavy atom. The zero-order valence-corrected chi connectivity index (χ0v) is 11.7. The Bertz CT molecular complexity index is 605. The summed E-state index contributed by atoms with van der Waals surface area (Å²) in [4.78, 5) is 16.7. The first-order chi connectivity index (χ1) is 9.61. The molecular weight excluding hydrogens is 278 g/mol. The van der Waals surface area contributed by atoms with Crippen LogP contribution in [0.15, 0.2) is 42.6 Å². The summed E-state index contributed by atoms with van der Waals surface area (Å²) in [5, 5.41) is 10.9. The van der Waals surface area contributed by atoms with Gasteiger partial charge in [0.2, 0.25) is 0 Å². The van der Waals surface area contributed by atoms with Crippen molar-refractivity contribution in [3.63, 3.8) is 0 Å². The average Bonchev–Trinajstić information content (AvgIpc) is 2.47. The molecule has 6 heteroatoms. The van der Waals surface area contributed by atoms with E-state index in [4.69, 9.17) is 11.6 Å². The first-order valence-electron chi connectivity index (χ1n) is 6.06. The molecule has 0 aliphatic heterocycles. The third-order valence-corrected chi connectivity index (χ3v) is 3.26. The highest BCUT2D eigenvalue weighted by Crippen LogP contribution is 2.26. The van der Waals surface area contributed by atoms with Crippen LogP contribution in [-0.2, 0) is 12.4 Å². The van der Waals surface area contributed by atoms with E-state index < -0.39 is 4.92 Å². The molecule has 0 fully saturated rings. The van der Waals surface area contributed by atoms with Crippen LogP contribution in [0.25, 0.3) is 0 Å². The fraction of sp³-hybridized carbons (Fsp3) is 0.214. The van der Waals surface area contributed by atoms with Gasteiger partial charge in [-0.25, -0.2) is 0 Å². The molecule has 0 radical (unpaired) electrons. The summed E-state index contributed by atoms with van der Waals surface area (Å²) in [5.41, 5.74) is 2.37. The summed E-state index contributed by atoms with van der Waals surface area (Å²) in [7, 11) is 1.91. The molecule has 0 unspecified atom stereocenters. The van der Waals surface area contributed by atoms with Gasteiger partial charge in [0.05, 0.1) is 23.0 Å². The van der Waals surface area contributed by atoms with Gasteiger partial charge in [-0.15, -0.1) is 11.6 Å². The van der Waals surface area contributed by atoms with E-state index >= 15 is 0 Å².